The van der Waals surface area contributed by atoms with Crippen molar-refractivity contribution in [2.75, 3.05) is 6.61 Å². The molecular weight excluding hydrogens is 324 g/mol. The van der Waals surface area contributed by atoms with E-state index < -0.39 is 23.4 Å². The molecule has 0 fully saturated rings. The third kappa shape index (κ3) is 3.19. The minimum Gasteiger partial charge on any atom is -0.460 e. The first-order valence-electron chi connectivity index (χ1n) is 6.56. The number of primary amides is 2. The van der Waals surface area contributed by atoms with Crippen LogP contribution < -0.4 is 11.5 Å². The first-order valence-corrected chi connectivity index (χ1v) is 6.94. The number of nitrogens with two attached hydrogens (primary N) is 2. The number of carbonyl (C=O) groups excluding carboxylic acids is 3. The van der Waals surface area contributed by atoms with Gasteiger partial charge < -0.3 is 20.6 Å². The summed E-state index contributed by atoms with van der Waals surface area (Å²) in [6, 6.07) is 4.80. The van der Waals surface area contributed by atoms with Crippen LogP contribution in [0.5, 0.6) is 0 Å². The van der Waals surface area contributed by atoms with Gasteiger partial charge in [-0.05, 0) is 19.1 Å². The molecule has 7 nitrogen and oxygen atoms in total. The van der Waals surface area contributed by atoms with Crippen LogP contribution in [0.15, 0.2) is 28.2 Å². The Morgan fingerprint density at radius 3 is 2.48 bits per heavy atom. The molecule has 8 heteroatoms. The van der Waals surface area contributed by atoms with Crippen molar-refractivity contribution in [2.24, 2.45) is 11.5 Å². The molecule has 0 radical (unpaired) electrons. The zero-order valence-corrected chi connectivity index (χ0v) is 12.8. The molecule has 0 aliphatic heterocycles. The van der Waals surface area contributed by atoms with Crippen LogP contribution in [0.3, 0.4) is 0 Å². The van der Waals surface area contributed by atoms with E-state index in [-0.39, 0.29) is 28.5 Å². The summed E-state index contributed by atoms with van der Waals surface area (Å²) >= 11 is 6.04. The molecule has 0 aliphatic rings. The van der Waals surface area contributed by atoms with E-state index in [2.05, 4.69) is 0 Å². The van der Waals surface area contributed by atoms with Crippen molar-refractivity contribution in [1.29, 1.82) is 0 Å². The molecule has 0 atom stereocenters. The second-order valence-corrected chi connectivity index (χ2v) is 4.88. The maximum absolute atomic E-state index is 12.0. The number of para-hydroxylation sites is 1. The number of fused-ring (bicyclic) bond motifs is 1. The van der Waals surface area contributed by atoms with E-state index in [4.69, 9.17) is 32.2 Å². The number of ether oxygens (including phenoxy) is 1. The Morgan fingerprint density at radius 2 is 1.91 bits per heavy atom. The number of amides is 2. The van der Waals surface area contributed by atoms with Crippen molar-refractivity contribution in [3.05, 3.63) is 40.1 Å². The van der Waals surface area contributed by atoms with E-state index in [1.807, 2.05) is 0 Å². The lowest BCUT2D eigenvalue weighted by Gasteiger charge is -2.01. The lowest BCUT2D eigenvalue weighted by atomic mass is 10.1. The van der Waals surface area contributed by atoms with E-state index >= 15 is 0 Å². The molecule has 2 aromatic rings. The Morgan fingerprint density at radius 1 is 1.26 bits per heavy atom. The van der Waals surface area contributed by atoms with Crippen molar-refractivity contribution in [3.63, 3.8) is 0 Å². The van der Waals surface area contributed by atoms with Gasteiger partial charge in [-0.15, -0.1) is 0 Å². The summed E-state index contributed by atoms with van der Waals surface area (Å²) in [6.07, 6.45) is 1.10. The van der Waals surface area contributed by atoms with Gasteiger partial charge in [-0.1, -0.05) is 23.7 Å². The fourth-order valence-electron chi connectivity index (χ4n) is 2.00. The van der Waals surface area contributed by atoms with Crippen molar-refractivity contribution < 1.29 is 23.5 Å². The summed E-state index contributed by atoms with van der Waals surface area (Å²) in [5, 5.41) is 0.674. The van der Waals surface area contributed by atoms with Crippen LogP contribution in [-0.4, -0.2) is 24.4 Å². The SMILES string of the molecule is CCOC(=O)c1oc2c(Cl)cccc2c1C=C(C(N)=O)C(N)=O. The van der Waals surface area contributed by atoms with E-state index in [1.54, 1.807) is 25.1 Å². The van der Waals surface area contributed by atoms with Gasteiger partial charge in [0, 0.05) is 10.9 Å². The molecule has 0 spiro atoms. The van der Waals surface area contributed by atoms with Crippen molar-refractivity contribution in [1.82, 2.24) is 0 Å². The highest BCUT2D eigenvalue weighted by atomic mass is 35.5. The molecule has 0 bridgehead atoms. The zero-order chi connectivity index (χ0) is 17.1. The van der Waals surface area contributed by atoms with E-state index in [0.717, 1.165) is 6.08 Å². The van der Waals surface area contributed by atoms with E-state index in [9.17, 15) is 14.4 Å². The monoisotopic (exact) mass is 336 g/mol. The molecule has 1 aromatic heterocycles. The summed E-state index contributed by atoms with van der Waals surface area (Å²) in [5.41, 5.74) is 10.2. The maximum Gasteiger partial charge on any atom is 0.374 e. The van der Waals surface area contributed by atoms with E-state index in [0.29, 0.717) is 5.39 Å². The van der Waals surface area contributed by atoms with Gasteiger partial charge in [0.2, 0.25) is 5.76 Å². The Hall–Kier alpha value is -2.80. The average Bonchev–Trinajstić information content (AvgIpc) is 2.84. The number of furan rings is 1. The van der Waals surface area contributed by atoms with Gasteiger partial charge in [-0.2, -0.15) is 0 Å². The standard InChI is InChI=1S/C15H13ClN2O5/c1-2-22-15(21)12-8(6-9(13(17)19)14(18)20)7-4-3-5-10(16)11(7)23-12/h3-6H,2H2,1H3,(H2,17,19)(H2,18,20). The van der Waals surface area contributed by atoms with Crippen LogP contribution in [0.1, 0.15) is 23.0 Å². The van der Waals surface area contributed by atoms with Crippen LogP contribution in [0.4, 0.5) is 0 Å². The van der Waals surface area contributed by atoms with Crippen LogP contribution >= 0.6 is 11.6 Å². The Bertz CT molecular complexity index is 822. The first kappa shape index (κ1) is 16.6. The van der Waals surface area contributed by atoms with Gasteiger partial charge in [0.15, 0.2) is 5.58 Å². The van der Waals surface area contributed by atoms with Crippen LogP contribution in [0.2, 0.25) is 5.02 Å². The lowest BCUT2D eigenvalue weighted by molar-refractivity contribution is -0.120. The second-order valence-electron chi connectivity index (χ2n) is 4.47. The van der Waals surface area contributed by atoms with Crippen molar-refractivity contribution in [3.8, 4) is 0 Å². The molecule has 1 heterocycles. The highest BCUT2D eigenvalue weighted by Crippen LogP contribution is 2.33. The molecular formula is C15H13ClN2O5. The molecule has 1 aromatic carbocycles. The van der Waals surface area contributed by atoms with Crippen LogP contribution in [0.25, 0.3) is 17.0 Å². The number of benzene rings is 1. The normalized spacial score (nSPS) is 10.3. The summed E-state index contributed by atoms with van der Waals surface area (Å²) < 4.78 is 10.4. The van der Waals surface area contributed by atoms with Gasteiger partial charge in [-0.3, -0.25) is 9.59 Å². The highest BCUT2D eigenvalue weighted by molar-refractivity contribution is 6.35. The largest absolute Gasteiger partial charge is 0.460 e. The minimum atomic E-state index is -1.02. The number of rotatable bonds is 5. The quantitative estimate of drug-likeness (QED) is 0.371. The van der Waals surface area contributed by atoms with Crippen molar-refractivity contribution >= 4 is 46.4 Å². The molecule has 2 rings (SSSR count). The summed E-state index contributed by atoms with van der Waals surface area (Å²) in [4.78, 5) is 34.8. The Balaban J connectivity index is 2.78. The molecule has 0 saturated carbocycles. The lowest BCUT2D eigenvalue weighted by Crippen LogP contribution is -2.26. The summed E-state index contributed by atoms with van der Waals surface area (Å²) in [6.45, 7) is 1.74. The van der Waals surface area contributed by atoms with E-state index in [1.165, 1.54) is 0 Å². The number of esters is 1. The van der Waals surface area contributed by atoms with Gasteiger partial charge in [0.1, 0.15) is 5.57 Å². The third-order valence-corrected chi connectivity index (χ3v) is 3.28. The highest BCUT2D eigenvalue weighted by Gasteiger charge is 2.24. The number of hydrogen-bond acceptors (Lipinski definition) is 5. The summed E-state index contributed by atoms with van der Waals surface area (Å²) in [7, 11) is 0. The fourth-order valence-corrected chi connectivity index (χ4v) is 2.22. The first-order chi connectivity index (χ1) is 10.9. The van der Waals surface area contributed by atoms with Gasteiger partial charge in [0.25, 0.3) is 11.8 Å². The molecule has 120 valence electrons. The molecule has 23 heavy (non-hydrogen) atoms. The Kier molecular flexibility index (Phi) is 4.71. The predicted octanol–water partition coefficient (Wildman–Crippen LogP) is 1.62. The zero-order valence-electron chi connectivity index (χ0n) is 12.1. The smallest absolute Gasteiger partial charge is 0.374 e. The molecule has 4 N–H and O–H groups in total. The van der Waals surface area contributed by atoms with Crippen LogP contribution in [0, 0.1) is 0 Å². The average molecular weight is 337 g/mol. The number of halogens is 1. The predicted molar refractivity (Wildman–Crippen MR) is 83.5 cm³/mol. The van der Waals surface area contributed by atoms with Crippen molar-refractivity contribution in [2.45, 2.75) is 6.92 Å². The third-order valence-electron chi connectivity index (χ3n) is 2.99. The number of hydrogen-bond donors (Lipinski definition) is 2. The van der Waals surface area contributed by atoms with Crippen LogP contribution in [-0.2, 0) is 14.3 Å². The molecule has 2 amide bonds. The topological polar surface area (TPSA) is 126 Å². The molecule has 0 unspecified atom stereocenters. The van der Waals surface area contributed by atoms with Gasteiger partial charge in [-0.25, -0.2) is 4.79 Å². The Labute approximate surface area is 135 Å². The number of carbonyl (C=O) groups is 3. The molecule has 0 saturated heterocycles. The summed E-state index contributed by atoms with van der Waals surface area (Å²) in [5.74, 6) is -3.01. The van der Waals surface area contributed by atoms with Gasteiger partial charge in [0.05, 0.1) is 11.6 Å². The maximum atomic E-state index is 12.0. The minimum absolute atomic E-state index is 0.116. The van der Waals surface area contributed by atoms with Gasteiger partial charge >= 0.3 is 5.97 Å². The fraction of sp³-hybridized carbons (Fsp3) is 0.133. The second kappa shape index (κ2) is 6.53. The molecule has 0 aliphatic carbocycles.